The normalized spacial score (nSPS) is 17.3. The van der Waals surface area contributed by atoms with Gasteiger partial charge in [0.25, 0.3) is 0 Å². The van der Waals surface area contributed by atoms with E-state index in [9.17, 15) is 0 Å². The number of anilines is 2. The monoisotopic (exact) mass is 1080 g/mol. The summed E-state index contributed by atoms with van der Waals surface area (Å²) >= 11 is 2.55. The van der Waals surface area contributed by atoms with E-state index in [1.54, 1.807) is 0 Å². The molecular formula is C63H58N4OPt. The Hall–Kier alpha value is -6.55. The minimum atomic E-state index is -0.0603. The molecule has 6 heteroatoms. The maximum atomic E-state index is 7.03. The number of nitrogens with zero attached hydrogens (tertiary/aromatic N) is 4. The van der Waals surface area contributed by atoms with E-state index in [2.05, 4.69) is 243 Å². The Kier molecular flexibility index (Phi) is 11.1. The summed E-state index contributed by atoms with van der Waals surface area (Å²) in [7, 11) is 0. The third-order valence-corrected chi connectivity index (χ3v) is 16.6. The van der Waals surface area contributed by atoms with Crippen LogP contribution < -0.4 is 9.64 Å². The van der Waals surface area contributed by atoms with Crippen LogP contribution in [0, 0.1) is 16.6 Å². The number of pyridine rings is 1. The number of ether oxygens (including phenoxy) is 1. The van der Waals surface area contributed by atoms with Crippen molar-refractivity contribution in [2.45, 2.75) is 89.5 Å². The van der Waals surface area contributed by atoms with Gasteiger partial charge in [-0.15, -0.1) is 0 Å². The second-order valence-electron chi connectivity index (χ2n) is 20.6. The van der Waals surface area contributed by atoms with Gasteiger partial charge in [-0.3, -0.25) is 0 Å². The molecule has 2 saturated carbocycles. The van der Waals surface area contributed by atoms with Gasteiger partial charge in [0.2, 0.25) is 0 Å². The van der Waals surface area contributed by atoms with Crippen molar-refractivity contribution in [3.63, 3.8) is 0 Å². The van der Waals surface area contributed by atoms with Crippen molar-refractivity contribution in [3.8, 4) is 56.3 Å². The molecule has 2 unspecified atom stereocenters. The molecule has 1 spiro atoms. The van der Waals surface area contributed by atoms with Crippen LogP contribution in [0.3, 0.4) is 0 Å². The molecule has 1 aliphatic heterocycles. The number of hydrogen-bond donors (Lipinski definition) is 0. The standard InChI is InChI=1S/C63H58N4O.Pt/c1-43-36-60(64-41-55(43)46-24-12-7-13-25-46)67-59-40-50(32-33-52(59)51-28-19-29-56(51)63(67)34-16-17-35-63)68-49-27-18-26-48(39-49)65-42-66(58-31-15-14-30-57(58)65)61-53(44-20-8-5-9-21-44)37-47(62(2,3)4)38-54(61)45-22-10-6-11-23-45;/h5-15,18,20-27,30-33,36-41,51,56H,16-17,19,28-29,34-35H2,1-4H3;. The first-order valence-electron chi connectivity index (χ1n) is 24.9. The quantitative estimate of drug-likeness (QED) is 0.152. The molecule has 0 bridgehead atoms. The fraction of sp³-hybridized carbons (Fsp3) is 0.238. The van der Waals surface area contributed by atoms with Crippen LogP contribution in [0.2, 0.25) is 0 Å². The molecular weight excluding hydrogens is 1020 g/mol. The van der Waals surface area contributed by atoms with Crippen molar-refractivity contribution in [2.24, 2.45) is 5.92 Å². The molecule has 9 aromatic rings. The van der Waals surface area contributed by atoms with Crippen LogP contribution in [-0.4, -0.2) is 19.7 Å². The molecule has 0 radical (unpaired) electrons. The van der Waals surface area contributed by atoms with Crippen molar-refractivity contribution in [3.05, 3.63) is 203 Å². The third-order valence-electron chi connectivity index (χ3n) is 15.6. The minimum Gasteiger partial charge on any atom is -0.0622 e. The Morgan fingerprint density at radius 3 is 1.81 bits per heavy atom. The molecule has 0 saturated heterocycles. The Labute approximate surface area is 417 Å². The summed E-state index contributed by atoms with van der Waals surface area (Å²) in [6.45, 7) is 9.17. The molecule has 2 aromatic heterocycles. The van der Waals surface area contributed by atoms with Crippen molar-refractivity contribution in [2.75, 3.05) is 4.90 Å². The number of hydrogen-bond acceptors (Lipinski definition) is 3. The van der Waals surface area contributed by atoms with Crippen LogP contribution >= 0.6 is 0 Å². The minimum absolute atomic E-state index is 0.0514. The van der Waals surface area contributed by atoms with Crippen LogP contribution in [-0.2, 0) is 24.8 Å². The smallest absolute Gasteiger partial charge is 0.0622 e. The molecule has 3 aliphatic rings. The molecule has 2 aliphatic carbocycles. The molecule has 0 amide bonds. The molecule has 5 nitrogen and oxygen atoms in total. The van der Waals surface area contributed by atoms with Gasteiger partial charge in [0.05, 0.1) is 0 Å². The van der Waals surface area contributed by atoms with E-state index >= 15 is 0 Å². The second kappa shape index (κ2) is 17.4. The van der Waals surface area contributed by atoms with E-state index in [1.165, 1.54) is 101 Å². The predicted octanol–water partition coefficient (Wildman–Crippen LogP) is 16.6. The third kappa shape index (κ3) is 7.56. The number of fused-ring (bicyclic) bond motifs is 5. The molecule has 346 valence electrons. The second-order valence-corrected chi connectivity index (χ2v) is 21.7. The van der Waals surface area contributed by atoms with E-state index in [0.29, 0.717) is 11.8 Å². The summed E-state index contributed by atoms with van der Waals surface area (Å²) in [5, 5.41) is 0. The van der Waals surface area contributed by atoms with E-state index in [-0.39, 0.29) is 11.0 Å². The van der Waals surface area contributed by atoms with Crippen molar-refractivity contribution in [1.82, 2.24) is 14.1 Å². The van der Waals surface area contributed by atoms with Crippen molar-refractivity contribution >= 4 is 22.5 Å². The van der Waals surface area contributed by atoms with Crippen molar-refractivity contribution < 1.29 is 24.1 Å². The van der Waals surface area contributed by atoms with Gasteiger partial charge in [-0.25, -0.2) is 0 Å². The molecule has 0 N–H and O–H groups in total. The fourth-order valence-electron chi connectivity index (χ4n) is 12.4. The molecule has 2 atom stereocenters. The van der Waals surface area contributed by atoms with Gasteiger partial charge in [0.1, 0.15) is 0 Å². The van der Waals surface area contributed by atoms with Gasteiger partial charge in [-0.1, -0.05) is 49.6 Å². The number of benzene rings is 7. The van der Waals surface area contributed by atoms with Gasteiger partial charge in [0.15, 0.2) is 0 Å². The number of aryl methyl sites for hydroxylation is 1. The Balaban J connectivity index is 0.977. The maximum absolute atomic E-state index is 7.03. The molecule has 7 aromatic carbocycles. The summed E-state index contributed by atoms with van der Waals surface area (Å²) in [6.07, 6.45) is 10.8. The summed E-state index contributed by atoms with van der Waals surface area (Å²) in [5.41, 5.74) is 16.9. The van der Waals surface area contributed by atoms with Crippen LogP contribution in [0.4, 0.5) is 11.5 Å². The first-order valence-corrected chi connectivity index (χ1v) is 26.0. The molecule has 2 fully saturated rings. The Morgan fingerprint density at radius 2 is 1.19 bits per heavy atom. The average molecular weight is 1080 g/mol. The number of para-hydroxylation sites is 2. The van der Waals surface area contributed by atoms with Crippen molar-refractivity contribution in [1.29, 1.82) is 0 Å². The molecule has 3 heterocycles. The van der Waals surface area contributed by atoms with Gasteiger partial charge in [0, 0.05) is 11.8 Å². The van der Waals surface area contributed by atoms with E-state index in [0.717, 1.165) is 43.5 Å². The first-order chi connectivity index (χ1) is 33.7. The number of rotatable bonds is 8. The summed E-state index contributed by atoms with van der Waals surface area (Å²) in [5.74, 6) is 3.88. The fourth-order valence-corrected chi connectivity index (χ4v) is 13.5. The molecule has 69 heavy (non-hydrogen) atoms. The zero-order chi connectivity index (χ0) is 46.9. The topological polar surface area (TPSA) is 35.2 Å². The summed E-state index contributed by atoms with van der Waals surface area (Å²) in [6, 6.07) is 64.0. The first kappa shape index (κ1) is 43.7. The molecule has 12 rings (SSSR count). The Morgan fingerprint density at radius 1 is 0.594 bits per heavy atom. The van der Waals surface area contributed by atoms with Crippen LogP contribution in [0.15, 0.2) is 182 Å². The van der Waals surface area contributed by atoms with Crippen LogP contribution in [0.25, 0.3) is 55.8 Å². The van der Waals surface area contributed by atoms with Gasteiger partial charge in [-0.05, 0) is 24.5 Å². The van der Waals surface area contributed by atoms with E-state index in [4.69, 9.17) is 9.72 Å². The summed E-state index contributed by atoms with van der Waals surface area (Å²) in [4.78, 5) is 8.01. The van der Waals surface area contributed by atoms with Gasteiger partial charge in [-0.2, -0.15) is 0 Å². The summed E-state index contributed by atoms with van der Waals surface area (Å²) < 4.78 is 13.0. The number of imidazole rings is 1. The Bertz CT molecular complexity index is 3370. The zero-order valence-electron chi connectivity index (χ0n) is 39.9. The van der Waals surface area contributed by atoms with E-state index in [1.807, 2.05) is 0 Å². The predicted molar refractivity (Wildman–Crippen MR) is 280 cm³/mol. The number of aromatic nitrogens is 3. The van der Waals surface area contributed by atoms with Gasteiger partial charge < -0.3 is 0 Å². The van der Waals surface area contributed by atoms with Crippen LogP contribution in [0.1, 0.15) is 88.3 Å². The van der Waals surface area contributed by atoms with Crippen LogP contribution in [0.5, 0.6) is 11.5 Å². The SMILES string of the molecule is Cc1cc(N2c3cc(Oc4cccc(-n5[c](=[Pt])n(-c6c(-c7ccccc7)cc(C(C)(C)C)cc6-c6ccccc6)c6ccccc65)c4)ccc3C3CCCC3C23CCCC3)ncc1-c1ccccc1. The van der Waals surface area contributed by atoms with E-state index < -0.39 is 0 Å². The average Bonchev–Trinajstić information content (AvgIpc) is 4.13. The zero-order valence-corrected chi connectivity index (χ0v) is 42.2. The van der Waals surface area contributed by atoms with Gasteiger partial charge >= 0.3 is 334 Å².